The molecule has 0 spiro atoms. The fraction of sp³-hybridized carbons (Fsp3) is 0.217. The zero-order valence-electron chi connectivity index (χ0n) is 16.7. The summed E-state index contributed by atoms with van der Waals surface area (Å²) in [6.07, 6.45) is 8.63. The molecule has 2 heterocycles. The van der Waals surface area contributed by atoms with Crippen LogP contribution in [0.3, 0.4) is 0 Å². The number of hydrogen-bond donors (Lipinski definition) is 0. The first-order valence-corrected chi connectivity index (χ1v) is 9.57. The molecule has 4 aromatic rings. The molecular weight excluding hydrogens is 364 g/mol. The summed E-state index contributed by atoms with van der Waals surface area (Å²) in [6.45, 7) is 1.33. The Kier molecular flexibility index (Phi) is 5.61. The van der Waals surface area contributed by atoms with Crippen LogP contribution in [0.15, 0.2) is 73.3 Å². The number of rotatable bonds is 8. The van der Waals surface area contributed by atoms with Gasteiger partial charge in [-0.05, 0) is 29.7 Å². The topological polar surface area (TPSA) is 54.1 Å². The lowest BCUT2D eigenvalue weighted by molar-refractivity contribution is 0.304. The summed E-state index contributed by atoms with van der Waals surface area (Å²) in [5.41, 5.74) is 3.26. The van der Waals surface area contributed by atoms with E-state index in [2.05, 4.69) is 14.6 Å². The summed E-state index contributed by atoms with van der Waals surface area (Å²) in [5.74, 6) is 2.38. The molecule has 0 amide bonds. The maximum absolute atomic E-state index is 5.93. The third-order valence-corrected chi connectivity index (χ3v) is 4.78. The van der Waals surface area contributed by atoms with Gasteiger partial charge in [0.25, 0.3) is 0 Å². The summed E-state index contributed by atoms with van der Waals surface area (Å²) in [7, 11) is 3.60. The molecule has 0 saturated heterocycles. The molecule has 0 aliphatic rings. The van der Waals surface area contributed by atoms with Crippen LogP contribution in [0.1, 0.15) is 11.1 Å². The Hall–Kier alpha value is -3.54. The van der Waals surface area contributed by atoms with Crippen molar-refractivity contribution in [3.63, 3.8) is 0 Å². The number of benzene rings is 2. The molecule has 0 aliphatic heterocycles. The second-order valence-electron chi connectivity index (χ2n) is 6.85. The second kappa shape index (κ2) is 8.65. The molecule has 6 heteroatoms. The lowest BCUT2D eigenvalue weighted by atomic mass is 10.1. The molecule has 0 saturated carbocycles. The van der Waals surface area contributed by atoms with Gasteiger partial charge < -0.3 is 14.0 Å². The van der Waals surface area contributed by atoms with Crippen LogP contribution in [0.25, 0.3) is 11.4 Å². The Labute approximate surface area is 170 Å². The molecule has 0 aliphatic carbocycles. The van der Waals surface area contributed by atoms with Crippen LogP contribution in [-0.2, 0) is 26.6 Å². The van der Waals surface area contributed by atoms with Crippen LogP contribution in [-0.4, -0.2) is 26.4 Å². The minimum absolute atomic E-state index is 0.517. The van der Waals surface area contributed by atoms with Crippen LogP contribution in [0.2, 0.25) is 0 Å². The van der Waals surface area contributed by atoms with Gasteiger partial charge >= 0.3 is 0 Å². The molecule has 4 rings (SSSR count). The average Bonchev–Trinajstić information content (AvgIpc) is 3.40. The molecule has 6 nitrogen and oxygen atoms in total. The van der Waals surface area contributed by atoms with E-state index in [1.54, 1.807) is 7.11 Å². The highest BCUT2D eigenvalue weighted by molar-refractivity contribution is 5.66. The van der Waals surface area contributed by atoms with E-state index in [0.717, 1.165) is 41.4 Å². The molecule has 148 valence electrons. The average molecular weight is 388 g/mol. The summed E-state index contributed by atoms with van der Waals surface area (Å²) < 4.78 is 15.5. The van der Waals surface area contributed by atoms with E-state index in [-0.39, 0.29) is 0 Å². The van der Waals surface area contributed by atoms with Gasteiger partial charge in [0.1, 0.15) is 23.9 Å². The molecule has 0 fully saturated rings. The second-order valence-corrected chi connectivity index (χ2v) is 6.85. The Bertz CT molecular complexity index is 1070. The highest BCUT2D eigenvalue weighted by atomic mass is 16.5. The van der Waals surface area contributed by atoms with Crippen LogP contribution < -0.4 is 9.47 Å². The number of aromatic nitrogens is 4. The first kappa shape index (κ1) is 18.8. The Morgan fingerprint density at radius 3 is 2.66 bits per heavy atom. The summed E-state index contributed by atoms with van der Waals surface area (Å²) in [5, 5.41) is 4.23. The zero-order chi connectivity index (χ0) is 20.1. The van der Waals surface area contributed by atoms with Gasteiger partial charge in [0.15, 0.2) is 0 Å². The number of ether oxygens (including phenoxy) is 2. The van der Waals surface area contributed by atoms with Crippen molar-refractivity contribution in [2.75, 3.05) is 7.11 Å². The number of methoxy groups -OCH3 is 1. The van der Waals surface area contributed by atoms with Crippen molar-refractivity contribution in [2.24, 2.45) is 7.05 Å². The molecule has 2 aromatic carbocycles. The van der Waals surface area contributed by atoms with Gasteiger partial charge in [0, 0.05) is 38.2 Å². The molecule has 0 radical (unpaired) electrons. The summed E-state index contributed by atoms with van der Waals surface area (Å²) in [4.78, 5) is 4.56. The highest BCUT2D eigenvalue weighted by Crippen LogP contribution is 2.33. The lowest BCUT2D eigenvalue weighted by Gasteiger charge is -2.13. The predicted octanol–water partition coefficient (Wildman–Crippen LogP) is 4.11. The quantitative estimate of drug-likeness (QED) is 0.456. The highest BCUT2D eigenvalue weighted by Gasteiger charge is 2.13. The molecule has 0 N–H and O–H groups in total. The number of imidazole rings is 1. The van der Waals surface area contributed by atoms with Gasteiger partial charge in [-0.2, -0.15) is 5.10 Å². The predicted molar refractivity (Wildman–Crippen MR) is 112 cm³/mol. The van der Waals surface area contributed by atoms with Crippen LogP contribution in [0, 0.1) is 0 Å². The third kappa shape index (κ3) is 4.48. The Morgan fingerprint density at radius 1 is 1.03 bits per heavy atom. The van der Waals surface area contributed by atoms with Gasteiger partial charge in [0.05, 0.1) is 18.9 Å². The molecule has 29 heavy (non-hydrogen) atoms. The minimum Gasteiger partial charge on any atom is -0.496 e. The van der Waals surface area contributed by atoms with E-state index < -0.39 is 0 Å². The van der Waals surface area contributed by atoms with Gasteiger partial charge in [0.2, 0.25) is 0 Å². The fourth-order valence-corrected chi connectivity index (χ4v) is 3.27. The molecule has 0 atom stereocenters. The number of aryl methyl sites for hydroxylation is 3. The van der Waals surface area contributed by atoms with E-state index in [1.807, 2.05) is 85.0 Å². The van der Waals surface area contributed by atoms with Crippen LogP contribution in [0.5, 0.6) is 11.5 Å². The fourth-order valence-electron chi connectivity index (χ4n) is 3.27. The largest absolute Gasteiger partial charge is 0.496 e. The smallest absolute Gasteiger partial charge is 0.143 e. The van der Waals surface area contributed by atoms with E-state index in [9.17, 15) is 0 Å². The van der Waals surface area contributed by atoms with Crippen molar-refractivity contribution in [2.45, 2.75) is 19.6 Å². The molecule has 2 aromatic heterocycles. The molecular formula is C23H24N4O2. The summed E-state index contributed by atoms with van der Waals surface area (Å²) in [6, 6.07) is 16.0. The van der Waals surface area contributed by atoms with Crippen molar-refractivity contribution in [1.29, 1.82) is 0 Å². The summed E-state index contributed by atoms with van der Waals surface area (Å²) >= 11 is 0. The standard InChI is InChI=1S/C23H24N4O2/c1-26-16-19(15-25-26)10-12-27-13-11-24-23(27)21-9-8-20(14-22(21)28-2)29-17-18-6-4-3-5-7-18/h3-9,11,13-16H,10,12,17H2,1-2H3. The maximum atomic E-state index is 5.93. The van der Waals surface area contributed by atoms with Crippen molar-refractivity contribution in [3.8, 4) is 22.9 Å². The van der Waals surface area contributed by atoms with E-state index in [4.69, 9.17) is 9.47 Å². The maximum Gasteiger partial charge on any atom is 0.143 e. The minimum atomic E-state index is 0.517. The Morgan fingerprint density at radius 2 is 1.90 bits per heavy atom. The first-order chi connectivity index (χ1) is 14.2. The first-order valence-electron chi connectivity index (χ1n) is 9.57. The van der Waals surface area contributed by atoms with Crippen LogP contribution in [0.4, 0.5) is 0 Å². The van der Waals surface area contributed by atoms with E-state index >= 15 is 0 Å². The van der Waals surface area contributed by atoms with Crippen molar-refractivity contribution in [3.05, 3.63) is 84.4 Å². The Balaban J connectivity index is 1.50. The van der Waals surface area contributed by atoms with Gasteiger partial charge in [-0.25, -0.2) is 4.98 Å². The zero-order valence-corrected chi connectivity index (χ0v) is 16.7. The lowest BCUT2D eigenvalue weighted by Crippen LogP contribution is -2.03. The van der Waals surface area contributed by atoms with E-state index in [0.29, 0.717) is 6.61 Å². The molecule has 0 unspecified atom stereocenters. The van der Waals surface area contributed by atoms with Gasteiger partial charge in [-0.3, -0.25) is 4.68 Å². The third-order valence-electron chi connectivity index (χ3n) is 4.78. The van der Waals surface area contributed by atoms with Crippen molar-refractivity contribution >= 4 is 0 Å². The van der Waals surface area contributed by atoms with Crippen LogP contribution >= 0.6 is 0 Å². The normalized spacial score (nSPS) is 10.8. The van der Waals surface area contributed by atoms with Crippen molar-refractivity contribution < 1.29 is 9.47 Å². The number of nitrogens with zero attached hydrogens (tertiary/aromatic N) is 4. The van der Waals surface area contributed by atoms with E-state index in [1.165, 1.54) is 5.56 Å². The SMILES string of the molecule is COc1cc(OCc2ccccc2)ccc1-c1nccn1CCc1cnn(C)c1. The van der Waals surface area contributed by atoms with Gasteiger partial charge in [-0.1, -0.05) is 30.3 Å². The number of hydrogen-bond acceptors (Lipinski definition) is 4. The van der Waals surface area contributed by atoms with Gasteiger partial charge in [-0.15, -0.1) is 0 Å². The molecule has 0 bridgehead atoms. The van der Waals surface area contributed by atoms with Crippen molar-refractivity contribution in [1.82, 2.24) is 19.3 Å². The monoisotopic (exact) mass is 388 g/mol.